The highest BCUT2D eigenvalue weighted by atomic mass is 35.5. The highest BCUT2D eigenvalue weighted by molar-refractivity contribution is 6.35. The van der Waals surface area contributed by atoms with Crippen molar-refractivity contribution in [3.8, 4) is 5.75 Å². The lowest BCUT2D eigenvalue weighted by Gasteiger charge is -2.30. The molecule has 1 N–H and O–H groups in total. The molecule has 0 radical (unpaired) electrons. The van der Waals surface area contributed by atoms with Gasteiger partial charge in [-0.05, 0) is 43.6 Å². The van der Waals surface area contributed by atoms with Crippen molar-refractivity contribution in [2.24, 2.45) is 0 Å². The zero-order valence-electron chi connectivity index (χ0n) is 15.2. The highest BCUT2D eigenvalue weighted by Gasteiger charge is 2.25. The number of nitrogens with zero attached hydrogens (tertiary/aromatic N) is 2. The smallest absolute Gasteiger partial charge is 0.138 e. The van der Waals surface area contributed by atoms with Crippen LogP contribution in [-0.2, 0) is 13.1 Å². The van der Waals surface area contributed by atoms with E-state index < -0.39 is 0 Å². The fourth-order valence-corrected chi connectivity index (χ4v) is 4.36. The molecule has 2 aromatic rings. The van der Waals surface area contributed by atoms with Crippen molar-refractivity contribution in [1.82, 2.24) is 9.80 Å². The molecule has 1 atom stereocenters. The Morgan fingerprint density at radius 1 is 1.15 bits per heavy atom. The van der Waals surface area contributed by atoms with Crippen molar-refractivity contribution in [3.05, 3.63) is 63.6 Å². The van der Waals surface area contributed by atoms with Crippen LogP contribution in [0.5, 0.6) is 5.75 Å². The summed E-state index contributed by atoms with van der Waals surface area (Å²) in [4.78, 5) is 4.93. The molecule has 0 amide bonds. The van der Waals surface area contributed by atoms with E-state index in [0.717, 1.165) is 25.2 Å². The fourth-order valence-electron chi connectivity index (χ4n) is 3.82. The Morgan fingerprint density at radius 3 is 2.65 bits per heavy atom. The molecule has 140 valence electrons. The maximum atomic E-state index is 10.4. The standard InChI is InChI=1S/C21H26Cl2N2O/c1-2-25-10-6-9-19(25)15-24(13-16-7-4-3-5-8-16)14-17-11-18(22)12-20(23)21(17)26/h3-5,7-8,11-12,19,26H,2,6,9-10,13-15H2,1H3/t19-/m0/s1. The van der Waals surface area contributed by atoms with E-state index in [4.69, 9.17) is 23.2 Å². The minimum atomic E-state index is 0.132. The average Bonchev–Trinajstić information content (AvgIpc) is 3.07. The van der Waals surface area contributed by atoms with Gasteiger partial charge in [0.05, 0.1) is 5.02 Å². The number of benzene rings is 2. The molecular weight excluding hydrogens is 367 g/mol. The summed E-state index contributed by atoms with van der Waals surface area (Å²) in [7, 11) is 0. The van der Waals surface area contributed by atoms with E-state index in [-0.39, 0.29) is 5.75 Å². The molecule has 2 aromatic carbocycles. The van der Waals surface area contributed by atoms with E-state index in [1.54, 1.807) is 6.07 Å². The van der Waals surface area contributed by atoms with Crippen LogP contribution in [-0.4, -0.2) is 40.6 Å². The van der Waals surface area contributed by atoms with Crippen LogP contribution < -0.4 is 0 Å². The van der Waals surface area contributed by atoms with Crippen molar-refractivity contribution >= 4 is 23.2 Å². The minimum Gasteiger partial charge on any atom is -0.506 e. The quantitative estimate of drug-likeness (QED) is 0.702. The van der Waals surface area contributed by atoms with E-state index in [9.17, 15) is 5.11 Å². The van der Waals surface area contributed by atoms with Crippen LogP contribution >= 0.6 is 23.2 Å². The Bertz CT molecular complexity index is 723. The summed E-state index contributed by atoms with van der Waals surface area (Å²) in [6.45, 7) is 6.90. The highest BCUT2D eigenvalue weighted by Crippen LogP contribution is 2.32. The number of aromatic hydroxyl groups is 1. The molecule has 1 heterocycles. The Labute approximate surface area is 166 Å². The second-order valence-corrected chi connectivity index (χ2v) is 7.82. The zero-order chi connectivity index (χ0) is 18.5. The Balaban J connectivity index is 1.80. The third-order valence-electron chi connectivity index (χ3n) is 5.12. The lowest BCUT2D eigenvalue weighted by atomic mass is 10.1. The van der Waals surface area contributed by atoms with Crippen LogP contribution in [0.25, 0.3) is 0 Å². The second-order valence-electron chi connectivity index (χ2n) is 6.98. The first-order valence-corrected chi connectivity index (χ1v) is 9.99. The van der Waals surface area contributed by atoms with E-state index in [0.29, 0.717) is 22.6 Å². The molecular formula is C21H26Cl2N2O. The van der Waals surface area contributed by atoms with Gasteiger partial charge < -0.3 is 5.11 Å². The van der Waals surface area contributed by atoms with Crippen LogP contribution in [0.4, 0.5) is 0 Å². The predicted molar refractivity (Wildman–Crippen MR) is 109 cm³/mol. The molecule has 5 heteroatoms. The number of halogens is 2. The van der Waals surface area contributed by atoms with Gasteiger partial charge in [0.1, 0.15) is 5.75 Å². The van der Waals surface area contributed by atoms with Gasteiger partial charge in [-0.2, -0.15) is 0 Å². The van der Waals surface area contributed by atoms with Crippen molar-refractivity contribution in [3.63, 3.8) is 0 Å². The number of phenolic OH excluding ortho intramolecular Hbond substituents is 1. The van der Waals surface area contributed by atoms with Crippen LogP contribution in [0.15, 0.2) is 42.5 Å². The number of likely N-dealkylation sites (tertiary alicyclic amines) is 1. The lowest BCUT2D eigenvalue weighted by Crippen LogP contribution is -2.39. The first-order chi connectivity index (χ1) is 12.6. The van der Waals surface area contributed by atoms with E-state index in [1.807, 2.05) is 12.1 Å². The van der Waals surface area contributed by atoms with Gasteiger partial charge in [-0.25, -0.2) is 0 Å². The molecule has 0 spiro atoms. The molecule has 0 saturated carbocycles. The van der Waals surface area contributed by atoms with Crippen molar-refractivity contribution in [1.29, 1.82) is 0 Å². The molecule has 1 aliphatic heterocycles. The van der Waals surface area contributed by atoms with E-state index >= 15 is 0 Å². The second kappa shape index (κ2) is 9.09. The van der Waals surface area contributed by atoms with Gasteiger partial charge in [0, 0.05) is 36.3 Å². The van der Waals surface area contributed by atoms with Crippen molar-refractivity contribution in [2.45, 2.75) is 38.9 Å². The van der Waals surface area contributed by atoms with Crippen LogP contribution in [0.2, 0.25) is 10.0 Å². The number of phenols is 1. The molecule has 1 aliphatic rings. The van der Waals surface area contributed by atoms with Gasteiger partial charge in [-0.3, -0.25) is 9.80 Å². The Morgan fingerprint density at radius 2 is 1.92 bits per heavy atom. The lowest BCUT2D eigenvalue weighted by molar-refractivity contribution is 0.165. The summed E-state index contributed by atoms with van der Waals surface area (Å²) in [5.41, 5.74) is 2.04. The predicted octanol–water partition coefficient (Wildman–Crippen LogP) is 5.19. The van der Waals surface area contributed by atoms with Gasteiger partial charge in [-0.15, -0.1) is 0 Å². The SMILES string of the molecule is CCN1CCC[C@H]1CN(Cc1ccccc1)Cc1cc(Cl)cc(Cl)c1O. The number of rotatable bonds is 7. The van der Waals surface area contributed by atoms with E-state index in [2.05, 4.69) is 41.0 Å². The van der Waals surface area contributed by atoms with Crippen LogP contribution in [0, 0.1) is 0 Å². The maximum absolute atomic E-state index is 10.4. The maximum Gasteiger partial charge on any atom is 0.138 e. The van der Waals surface area contributed by atoms with Crippen molar-refractivity contribution in [2.75, 3.05) is 19.6 Å². The monoisotopic (exact) mass is 392 g/mol. The van der Waals surface area contributed by atoms with Gasteiger partial charge >= 0.3 is 0 Å². The molecule has 0 bridgehead atoms. The van der Waals surface area contributed by atoms with Gasteiger partial charge in [0.25, 0.3) is 0 Å². The number of likely N-dealkylation sites (N-methyl/N-ethyl adjacent to an activating group) is 1. The third kappa shape index (κ3) is 4.92. The van der Waals surface area contributed by atoms with E-state index in [1.165, 1.54) is 24.9 Å². The first kappa shape index (κ1) is 19.5. The number of hydrogen-bond acceptors (Lipinski definition) is 3. The van der Waals surface area contributed by atoms with Crippen LogP contribution in [0.3, 0.4) is 0 Å². The van der Waals surface area contributed by atoms with Crippen LogP contribution in [0.1, 0.15) is 30.9 Å². The van der Waals surface area contributed by atoms with Gasteiger partial charge in [-0.1, -0.05) is 60.5 Å². The number of hydrogen-bond donors (Lipinski definition) is 1. The zero-order valence-corrected chi connectivity index (χ0v) is 16.7. The Hall–Kier alpha value is -1.26. The molecule has 3 rings (SSSR count). The molecule has 0 aromatic heterocycles. The third-order valence-corrected chi connectivity index (χ3v) is 5.63. The molecule has 3 nitrogen and oxygen atoms in total. The molecule has 0 unspecified atom stereocenters. The first-order valence-electron chi connectivity index (χ1n) is 9.24. The van der Waals surface area contributed by atoms with Gasteiger partial charge in [0.15, 0.2) is 0 Å². The normalized spacial score (nSPS) is 17.9. The summed E-state index contributed by atoms with van der Waals surface area (Å²) in [5.74, 6) is 0.132. The summed E-state index contributed by atoms with van der Waals surface area (Å²) in [6, 6.07) is 14.4. The van der Waals surface area contributed by atoms with Crippen molar-refractivity contribution < 1.29 is 5.11 Å². The summed E-state index contributed by atoms with van der Waals surface area (Å²) in [5, 5.41) is 11.2. The summed E-state index contributed by atoms with van der Waals surface area (Å²) in [6.07, 6.45) is 2.48. The molecule has 26 heavy (non-hydrogen) atoms. The summed E-state index contributed by atoms with van der Waals surface area (Å²) < 4.78 is 0. The minimum absolute atomic E-state index is 0.132. The molecule has 0 aliphatic carbocycles. The topological polar surface area (TPSA) is 26.7 Å². The Kier molecular flexibility index (Phi) is 6.82. The largest absolute Gasteiger partial charge is 0.506 e. The fraction of sp³-hybridized carbons (Fsp3) is 0.429. The molecule has 1 fully saturated rings. The average molecular weight is 393 g/mol. The van der Waals surface area contributed by atoms with Gasteiger partial charge in [0.2, 0.25) is 0 Å². The summed E-state index contributed by atoms with van der Waals surface area (Å²) >= 11 is 12.3. The molecule has 1 saturated heterocycles.